The molecular formula is C17H27N3O. The van der Waals surface area contributed by atoms with Crippen molar-refractivity contribution in [2.75, 3.05) is 26.7 Å². The number of carbonyl (C=O) groups is 1. The first-order valence-corrected chi connectivity index (χ1v) is 7.80. The standard InChI is InChI=1S/C17H27N3O/c1-14(2)20-10-9-16(12-20)18-17(21)13-19(3)11-15-7-5-4-6-8-15/h4-8,14,16H,9-13H2,1-3H3,(H,18,21)/t16-/m1/s1. The lowest BCUT2D eigenvalue weighted by Crippen LogP contribution is -2.42. The van der Waals surface area contributed by atoms with E-state index in [-0.39, 0.29) is 5.91 Å². The van der Waals surface area contributed by atoms with E-state index in [0.29, 0.717) is 18.6 Å². The van der Waals surface area contributed by atoms with Gasteiger partial charge in [0.25, 0.3) is 0 Å². The normalized spacial score (nSPS) is 19.4. The monoisotopic (exact) mass is 289 g/mol. The fourth-order valence-corrected chi connectivity index (χ4v) is 2.84. The molecule has 0 radical (unpaired) electrons. The van der Waals surface area contributed by atoms with Gasteiger partial charge in [0.15, 0.2) is 0 Å². The average Bonchev–Trinajstić information content (AvgIpc) is 2.88. The van der Waals surface area contributed by atoms with E-state index in [4.69, 9.17) is 0 Å². The van der Waals surface area contributed by atoms with Crippen molar-refractivity contribution in [3.05, 3.63) is 35.9 Å². The fraction of sp³-hybridized carbons (Fsp3) is 0.588. The lowest BCUT2D eigenvalue weighted by Gasteiger charge is -2.21. The van der Waals surface area contributed by atoms with Crippen molar-refractivity contribution in [3.63, 3.8) is 0 Å². The minimum Gasteiger partial charge on any atom is -0.351 e. The molecule has 0 aliphatic carbocycles. The van der Waals surface area contributed by atoms with Gasteiger partial charge in [0.05, 0.1) is 6.54 Å². The number of hydrogen-bond acceptors (Lipinski definition) is 3. The molecular weight excluding hydrogens is 262 g/mol. The lowest BCUT2D eigenvalue weighted by molar-refractivity contribution is -0.122. The molecule has 0 unspecified atom stereocenters. The van der Waals surface area contributed by atoms with Crippen molar-refractivity contribution in [3.8, 4) is 0 Å². The molecule has 1 N–H and O–H groups in total. The molecule has 1 aliphatic rings. The Hall–Kier alpha value is -1.39. The third kappa shape index (κ3) is 5.14. The molecule has 0 saturated carbocycles. The van der Waals surface area contributed by atoms with Crippen LogP contribution in [0.25, 0.3) is 0 Å². The Morgan fingerprint density at radius 2 is 2.10 bits per heavy atom. The Labute approximate surface area is 128 Å². The van der Waals surface area contributed by atoms with E-state index < -0.39 is 0 Å². The van der Waals surface area contributed by atoms with Crippen LogP contribution < -0.4 is 5.32 Å². The molecule has 1 saturated heterocycles. The van der Waals surface area contributed by atoms with E-state index in [9.17, 15) is 4.79 Å². The summed E-state index contributed by atoms with van der Waals surface area (Å²) in [6.45, 7) is 7.73. The minimum atomic E-state index is 0.129. The number of benzene rings is 1. The highest BCUT2D eigenvalue weighted by atomic mass is 16.2. The molecule has 0 bridgehead atoms. The van der Waals surface area contributed by atoms with Crippen LogP contribution in [0.5, 0.6) is 0 Å². The van der Waals surface area contributed by atoms with Crippen molar-refractivity contribution < 1.29 is 4.79 Å². The van der Waals surface area contributed by atoms with Crippen LogP contribution in [0, 0.1) is 0 Å². The Bertz CT molecular complexity index is 447. The highest BCUT2D eigenvalue weighted by molar-refractivity contribution is 5.78. The van der Waals surface area contributed by atoms with Gasteiger partial charge in [0.2, 0.25) is 5.91 Å². The minimum absolute atomic E-state index is 0.129. The predicted molar refractivity (Wildman–Crippen MR) is 86.0 cm³/mol. The number of amides is 1. The van der Waals surface area contributed by atoms with Gasteiger partial charge >= 0.3 is 0 Å². The van der Waals surface area contributed by atoms with Gasteiger partial charge in [0, 0.05) is 31.7 Å². The molecule has 1 aliphatic heterocycles. The maximum Gasteiger partial charge on any atom is 0.234 e. The largest absolute Gasteiger partial charge is 0.351 e. The van der Waals surface area contributed by atoms with Crippen LogP contribution in [0.1, 0.15) is 25.8 Å². The Morgan fingerprint density at radius 1 is 1.38 bits per heavy atom. The Kier molecular flexibility index (Phi) is 5.76. The molecule has 116 valence electrons. The fourth-order valence-electron chi connectivity index (χ4n) is 2.84. The molecule has 1 aromatic rings. The molecule has 4 heteroatoms. The maximum atomic E-state index is 12.1. The lowest BCUT2D eigenvalue weighted by atomic mass is 10.2. The predicted octanol–water partition coefficient (Wildman–Crippen LogP) is 1.72. The molecule has 0 aromatic heterocycles. The van der Waals surface area contributed by atoms with Crippen molar-refractivity contribution >= 4 is 5.91 Å². The number of hydrogen-bond donors (Lipinski definition) is 1. The van der Waals surface area contributed by atoms with Crippen LogP contribution >= 0.6 is 0 Å². The molecule has 21 heavy (non-hydrogen) atoms. The first kappa shape index (κ1) is 16.0. The second-order valence-electron chi connectivity index (χ2n) is 6.30. The summed E-state index contributed by atoms with van der Waals surface area (Å²) in [5, 5.41) is 3.16. The van der Waals surface area contributed by atoms with Gasteiger partial charge in [-0.25, -0.2) is 0 Å². The molecule has 0 spiro atoms. The van der Waals surface area contributed by atoms with Crippen molar-refractivity contribution in [1.82, 2.24) is 15.1 Å². The number of likely N-dealkylation sites (N-methyl/N-ethyl adjacent to an activating group) is 1. The van der Waals surface area contributed by atoms with Crippen LogP contribution in [0.4, 0.5) is 0 Å². The van der Waals surface area contributed by atoms with Crippen molar-refractivity contribution in [1.29, 1.82) is 0 Å². The van der Waals surface area contributed by atoms with E-state index in [0.717, 1.165) is 26.1 Å². The van der Waals surface area contributed by atoms with E-state index in [1.807, 2.05) is 25.2 Å². The van der Waals surface area contributed by atoms with Gasteiger partial charge in [-0.3, -0.25) is 14.6 Å². The number of rotatable bonds is 6. The number of nitrogens with one attached hydrogen (secondary N) is 1. The first-order chi connectivity index (χ1) is 10.0. The van der Waals surface area contributed by atoms with Crippen LogP contribution in [0.15, 0.2) is 30.3 Å². The van der Waals surface area contributed by atoms with Gasteiger partial charge in [-0.2, -0.15) is 0 Å². The van der Waals surface area contributed by atoms with Crippen LogP contribution in [-0.4, -0.2) is 54.5 Å². The molecule has 2 rings (SSSR count). The SMILES string of the molecule is CC(C)N1CC[C@@H](NC(=O)CN(C)Cc2ccccc2)C1. The van der Waals surface area contributed by atoms with E-state index >= 15 is 0 Å². The van der Waals surface area contributed by atoms with Gasteiger partial charge < -0.3 is 5.32 Å². The molecule has 1 fully saturated rings. The summed E-state index contributed by atoms with van der Waals surface area (Å²) in [6.07, 6.45) is 1.06. The van der Waals surface area contributed by atoms with Crippen LogP contribution in [0.3, 0.4) is 0 Å². The quantitative estimate of drug-likeness (QED) is 0.866. The summed E-state index contributed by atoms with van der Waals surface area (Å²) in [5.41, 5.74) is 1.24. The third-order valence-electron chi connectivity index (χ3n) is 4.02. The Morgan fingerprint density at radius 3 is 2.71 bits per heavy atom. The van der Waals surface area contributed by atoms with Crippen LogP contribution in [-0.2, 0) is 11.3 Å². The van der Waals surface area contributed by atoms with E-state index in [2.05, 4.69) is 41.1 Å². The zero-order chi connectivity index (χ0) is 15.2. The molecule has 1 amide bonds. The summed E-state index contributed by atoms with van der Waals surface area (Å²) >= 11 is 0. The number of likely N-dealkylation sites (tertiary alicyclic amines) is 1. The Balaban J connectivity index is 1.72. The highest BCUT2D eigenvalue weighted by Crippen LogP contribution is 2.12. The smallest absolute Gasteiger partial charge is 0.234 e. The first-order valence-electron chi connectivity index (χ1n) is 7.80. The summed E-state index contributed by atoms with van der Waals surface area (Å²) in [6, 6.07) is 11.1. The molecule has 1 heterocycles. The molecule has 1 atom stereocenters. The number of nitrogens with zero attached hydrogens (tertiary/aromatic N) is 2. The number of carbonyl (C=O) groups excluding carboxylic acids is 1. The van der Waals surface area contributed by atoms with E-state index in [1.54, 1.807) is 0 Å². The van der Waals surface area contributed by atoms with E-state index in [1.165, 1.54) is 5.56 Å². The summed E-state index contributed by atoms with van der Waals surface area (Å²) in [5.74, 6) is 0.129. The van der Waals surface area contributed by atoms with Crippen molar-refractivity contribution in [2.45, 2.75) is 38.9 Å². The van der Waals surface area contributed by atoms with Crippen molar-refractivity contribution in [2.24, 2.45) is 0 Å². The summed E-state index contributed by atoms with van der Waals surface area (Å²) in [7, 11) is 1.99. The second kappa shape index (κ2) is 7.57. The van der Waals surface area contributed by atoms with Gasteiger partial charge in [-0.15, -0.1) is 0 Å². The second-order valence-corrected chi connectivity index (χ2v) is 6.30. The third-order valence-corrected chi connectivity index (χ3v) is 4.02. The van der Waals surface area contributed by atoms with Gasteiger partial charge in [0.1, 0.15) is 0 Å². The summed E-state index contributed by atoms with van der Waals surface area (Å²) in [4.78, 5) is 16.6. The average molecular weight is 289 g/mol. The van der Waals surface area contributed by atoms with Crippen LogP contribution in [0.2, 0.25) is 0 Å². The topological polar surface area (TPSA) is 35.6 Å². The maximum absolute atomic E-state index is 12.1. The zero-order valence-corrected chi connectivity index (χ0v) is 13.4. The van der Waals surface area contributed by atoms with Gasteiger partial charge in [-0.05, 0) is 32.9 Å². The molecule has 1 aromatic carbocycles. The molecule has 4 nitrogen and oxygen atoms in total. The zero-order valence-electron chi connectivity index (χ0n) is 13.4. The summed E-state index contributed by atoms with van der Waals surface area (Å²) < 4.78 is 0. The highest BCUT2D eigenvalue weighted by Gasteiger charge is 2.25. The van der Waals surface area contributed by atoms with Gasteiger partial charge in [-0.1, -0.05) is 30.3 Å².